The van der Waals surface area contributed by atoms with Crippen molar-refractivity contribution in [3.05, 3.63) is 0 Å². The molecule has 0 saturated carbocycles. The van der Waals surface area contributed by atoms with Gasteiger partial charge in [-0.1, -0.05) is 41.0 Å². The number of hydrogen-bond acceptors (Lipinski definition) is 1. The van der Waals surface area contributed by atoms with Gasteiger partial charge in [0.05, 0.1) is 0 Å². The van der Waals surface area contributed by atoms with Gasteiger partial charge in [0.2, 0.25) is 0 Å². The Morgan fingerprint density at radius 2 is 1.62 bits per heavy atom. The number of hydrogen-bond donors (Lipinski definition) is 1. The largest absolute Gasteiger partial charge is 0.481 e. The van der Waals surface area contributed by atoms with Crippen LogP contribution in [0, 0.1) is 10.8 Å². The summed E-state index contributed by atoms with van der Waals surface area (Å²) >= 11 is 0. The van der Waals surface area contributed by atoms with E-state index < -0.39 is 5.97 Å². The molecule has 13 heavy (non-hydrogen) atoms. The fourth-order valence-electron chi connectivity index (χ4n) is 1.24. The Bertz CT molecular complexity index is 181. The topological polar surface area (TPSA) is 37.3 Å². The zero-order valence-corrected chi connectivity index (χ0v) is 9.48. The minimum atomic E-state index is -0.694. The molecule has 0 aromatic rings. The van der Waals surface area contributed by atoms with E-state index in [1.165, 1.54) is 0 Å². The molecule has 0 radical (unpaired) electrons. The van der Waals surface area contributed by atoms with Crippen LogP contribution in [0.15, 0.2) is 0 Å². The lowest BCUT2D eigenvalue weighted by Crippen LogP contribution is -2.32. The molecule has 0 aliphatic carbocycles. The fraction of sp³-hybridized carbons (Fsp3) is 0.909. The summed E-state index contributed by atoms with van der Waals surface area (Å²) in [5.74, 6) is -0.694. The highest BCUT2D eigenvalue weighted by atomic mass is 16.4. The van der Waals surface area contributed by atoms with Crippen LogP contribution in [0.5, 0.6) is 0 Å². The molecule has 1 N–H and O–H groups in total. The molecule has 0 saturated heterocycles. The average Bonchev–Trinajstić information content (AvgIpc) is 2.01. The van der Waals surface area contributed by atoms with Gasteiger partial charge < -0.3 is 5.11 Å². The molecule has 0 aromatic carbocycles. The molecule has 0 fully saturated rings. The van der Waals surface area contributed by atoms with Crippen molar-refractivity contribution in [2.75, 3.05) is 0 Å². The Morgan fingerprint density at radius 3 is 1.92 bits per heavy atom. The summed E-state index contributed by atoms with van der Waals surface area (Å²) in [6, 6.07) is 0. The second-order valence-electron chi connectivity index (χ2n) is 5.02. The first kappa shape index (κ1) is 12.5. The minimum Gasteiger partial charge on any atom is -0.481 e. The van der Waals surface area contributed by atoms with E-state index in [0.717, 1.165) is 12.8 Å². The first-order valence-electron chi connectivity index (χ1n) is 4.95. The summed E-state index contributed by atoms with van der Waals surface area (Å²) in [4.78, 5) is 10.5. The van der Waals surface area contributed by atoms with Gasteiger partial charge in [0, 0.05) is 6.42 Å². The van der Waals surface area contributed by atoms with E-state index in [1.54, 1.807) is 0 Å². The molecule has 0 bridgehead atoms. The van der Waals surface area contributed by atoms with E-state index in [0.29, 0.717) is 0 Å². The van der Waals surface area contributed by atoms with Crippen molar-refractivity contribution in [2.24, 2.45) is 10.8 Å². The van der Waals surface area contributed by atoms with Crippen LogP contribution < -0.4 is 0 Å². The van der Waals surface area contributed by atoms with Crippen LogP contribution >= 0.6 is 0 Å². The lowest BCUT2D eigenvalue weighted by atomic mass is 9.64. The van der Waals surface area contributed by atoms with Crippen molar-refractivity contribution in [1.82, 2.24) is 0 Å². The van der Waals surface area contributed by atoms with Crippen molar-refractivity contribution in [1.29, 1.82) is 0 Å². The number of aliphatic carboxylic acids is 1. The van der Waals surface area contributed by atoms with E-state index in [2.05, 4.69) is 34.6 Å². The first-order chi connectivity index (χ1) is 5.73. The number of rotatable bonds is 5. The molecule has 2 nitrogen and oxygen atoms in total. The van der Waals surface area contributed by atoms with Crippen molar-refractivity contribution < 1.29 is 9.90 Å². The predicted octanol–water partition coefficient (Wildman–Crippen LogP) is 3.31. The summed E-state index contributed by atoms with van der Waals surface area (Å²) in [5.41, 5.74) is 0.308. The zero-order valence-electron chi connectivity index (χ0n) is 9.48. The standard InChI is InChI=1S/C11H22O2/c1-6-10(2,3)11(4,5)8-7-9(12)13/h6-8H2,1-5H3,(H,12,13). The molecule has 0 heterocycles. The highest BCUT2D eigenvalue weighted by Gasteiger charge is 2.35. The molecule has 0 aliphatic rings. The molecular weight excluding hydrogens is 164 g/mol. The van der Waals surface area contributed by atoms with E-state index in [9.17, 15) is 4.79 Å². The molecule has 78 valence electrons. The van der Waals surface area contributed by atoms with Gasteiger partial charge in [0.1, 0.15) is 0 Å². The quantitative estimate of drug-likeness (QED) is 0.715. The SMILES string of the molecule is CCC(C)(C)C(C)(C)CCC(=O)O. The van der Waals surface area contributed by atoms with Gasteiger partial charge in [-0.25, -0.2) is 0 Å². The predicted molar refractivity (Wildman–Crippen MR) is 54.7 cm³/mol. The van der Waals surface area contributed by atoms with Crippen molar-refractivity contribution >= 4 is 5.97 Å². The van der Waals surface area contributed by atoms with Crippen molar-refractivity contribution in [2.45, 2.75) is 53.9 Å². The monoisotopic (exact) mass is 186 g/mol. The summed E-state index contributed by atoms with van der Waals surface area (Å²) in [6.45, 7) is 10.9. The number of carboxylic acids is 1. The highest BCUT2D eigenvalue weighted by molar-refractivity contribution is 5.66. The van der Waals surface area contributed by atoms with Gasteiger partial charge >= 0.3 is 5.97 Å². The van der Waals surface area contributed by atoms with E-state index in [4.69, 9.17) is 5.11 Å². The maximum absolute atomic E-state index is 10.5. The van der Waals surface area contributed by atoms with Crippen LogP contribution in [0.25, 0.3) is 0 Å². The summed E-state index contributed by atoms with van der Waals surface area (Å²) in [6.07, 6.45) is 2.11. The van der Waals surface area contributed by atoms with Crippen molar-refractivity contribution in [3.8, 4) is 0 Å². The van der Waals surface area contributed by atoms with Gasteiger partial charge in [-0.15, -0.1) is 0 Å². The maximum Gasteiger partial charge on any atom is 0.303 e. The molecule has 0 aromatic heterocycles. The molecule has 0 aliphatic heterocycles. The van der Waals surface area contributed by atoms with Crippen LogP contribution in [0.2, 0.25) is 0 Å². The Morgan fingerprint density at radius 1 is 1.15 bits per heavy atom. The van der Waals surface area contributed by atoms with Gasteiger partial charge in [0.25, 0.3) is 0 Å². The van der Waals surface area contributed by atoms with Gasteiger partial charge in [0.15, 0.2) is 0 Å². The van der Waals surface area contributed by atoms with Gasteiger partial charge in [-0.3, -0.25) is 4.79 Å². The van der Waals surface area contributed by atoms with Crippen molar-refractivity contribution in [3.63, 3.8) is 0 Å². The molecule has 0 amide bonds. The smallest absolute Gasteiger partial charge is 0.303 e. The lowest BCUT2D eigenvalue weighted by molar-refractivity contribution is -0.138. The Hall–Kier alpha value is -0.530. The number of carbonyl (C=O) groups is 1. The summed E-state index contributed by atoms with van der Waals surface area (Å²) in [5, 5.41) is 8.62. The lowest BCUT2D eigenvalue weighted by Gasteiger charge is -2.41. The van der Waals surface area contributed by atoms with Crippen LogP contribution in [0.1, 0.15) is 53.9 Å². The number of carboxylic acid groups (broad SMARTS) is 1. The van der Waals surface area contributed by atoms with E-state index >= 15 is 0 Å². The normalized spacial score (nSPS) is 13.0. The first-order valence-corrected chi connectivity index (χ1v) is 4.95. The van der Waals surface area contributed by atoms with Gasteiger partial charge in [-0.2, -0.15) is 0 Å². The Kier molecular flexibility index (Phi) is 3.95. The van der Waals surface area contributed by atoms with Crippen LogP contribution in [-0.2, 0) is 4.79 Å². The van der Waals surface area contributed by atoms with E-state index in [-0.39, 0.29) is 17.3 Å². The summed E-state index contributed by atoms with van der Waals surface area (Å²) < 4.78 is 0. The van der Waals surface area contributed by atoms with Crippen LogP contribution in [0.3, 0.4) is 0 Å². The third-order valence-electron chi connectivity index (χ3n) is 3.68. The fourth-order valence-corrected chi connectivity index (χ4v) is 1.24. The Balaban J connectivity index is 4.30. The highest BCUT2D eigenvalue weighted by Crippen LogP contribution is 2.44. The maximum atomic E-state index is 10.5. The average molecular weight is 186 g/mol. The molecule has 2 heteroatoms. The van der Waals surface area contributed by atoms with Crippen LogP contribution in [0.4, 0.5) is 0 Å². The van der Waals surface area contributed by atoms with Crippen LogP contribution in [-0.4, -0.2) is 11.1 Å². The zero-order chi connectivity index (χ0) is 10.7. The third-order valence-corrected chi connectivity index (χ3v) is 3.68. The molecule has 0 spiro atoms. The third kappa shape index (κ3) is 3.37. The molecule has 0 rings (SSSR count). The molecule has 0 unspecified atom stereocenters. The summed E-state index contributed by atoms with van der Waals surface area (Å²) in [7, 11) is 0. The minimum absolute atomic E-state index is 0.0974. The van der Waals surface area contributed by atoms with Gasteiger partial charge in [-0.05, 0) is 17.3 Å². The second kappa shape index (κ2) is 4.12. The molecule has 0 atom stereocenters. The molecular formula is C11H22O2. The van der Waals surface area contributed by atoms with E-state index in [1.807, 2.05) is 0 Å². The second-order valence-corrected chi connectivity index (χ2v) is 5.02. The Labute approximate surface area is 81.3 Å².